The number of ether oxygens (including phenoxy) is 2. The number of nitrogens with one attached hydrogen (secondary N) is 1. The zero-order chi connectivity index (χ0) is 13.5. The molecular weight excluding hydrogens is 230 g/mol. The topological polar surface area (TPSA) is 71.6 Å². The summed E-state index contributed by atoms with van der Waals surface area (Å²) in [5.74, 6) is 0.652. The van der Waals surface area contributed by atoms with Crippen molar-refractivity contribution in [3.05, 3.63) is 29.3 Å². The van der Waals surface area contributed by atoms with E-state index in [-0.39, 0.29) is 5.84 Å². The van der Waals surface area contributed by atoms with Crippen LogP contribution in [0.5, 0.6) is 5.75 Å². The van der Waals surface area contributed by atoms with Crippen molar-refractivity contribution >= 4 is 5.84 Å². The van der Waals surface area contributed by atoms with Gasteiger partial charge in [0.1, 0.15) is 11.6 Å². The Hall–Kier alpha value is -1.59. The monoisotopic (exact) mass is 251 g/mol. The first kappa shape index (κ1) is 14.5. The number of hydrogen-bond acceptors (Lipinski definition) is 4. The number of methoxy groups -OCH3 is 2. The number of benzene rings is 1. The molecule has 0 aromatic heterocycles. The molecule has 0 bridgehead atoms. The van der Waals surface area contributed by atoms with E-state index >= 15 is 0 Å². The third kappa shape index (κ3) is 4.01. The van der Waals surface area contributed by atoms with E-state index in [2.05, 4.69) is 4.90 Å². The molecule has 0 aliphatic heterocycles. The molecule has 18 heavy (non-hydrogen) atoms. The number of amidine groups is 1. The molecule has 3 N–H and O–H groups in total. The van der Waals surface area contributed by atoms with Crippen molar-refractivity contribution in [3.63, 3.8) is 0 Å². The van der Waals surface area contributed by atoms with Crippen LogP contribution in [0.15, 0.2) is 18.2 Å². The summed E-state index contributed by atoms with van der Waals surface area (Å²) in [7, 11) is 5.29. The highest BCUT2D eigenvalue weighted by atomic mass is 16.5. The lowest BCUT2D eigenvalue weighted by molar-refractivity contribution is 0.158. The Bertz CT molecular complexity index is 407. The summed E-state index contributed by atoms with van der Waals surface area (Å²) in [6, 6.07) is 5.72. The highest BCUT2D eigenvalue weighted by molar-refractivity contribution is 5.97. The normalized spacial score (nSPS) is 10.7. The Morgan fingerprint density at radius 2 is 2.11 bits per heavy atom. The average Bonchev–Trinajstić information content (AvgIpc) is 2.36. The summed E-state index contributed by atoms with van der Waals surface area (Å²) in [5, 5.41) is 7.53. The molecule has 0 unspecified atom stereocenters. The van der Waals surface area contributed by atoms with Gasteiger partial charge < -0.3 is 15.2 Å². The first-order chi connectivity index (χ1) is 8.58. The summed E-state index contributed by atoms with van der Waals surface area (Å²) in [6.45, 7) is 2.35. The Kier molecular flexibility index (Phi) is 5.61. The van der Waals surface area contributed by atoms with E-state index < -0.39 is 0 Å². The molecule has 0 saturated carbocycles. The molecular formula is C13H21N3O2. The zero-order valence-electron chi connectivity index (χ0n) is 11.2. The van der Waals surface area contributed by atoms with Crippen LogP contribution in [0.1, 0.15) is 11.1 Å². The highest BCUT2D eigenvalue weighted by Gasteiger charge is 2.08. The molecule has 5 heteroatoms. The lowest BCUT2D eigenvalue weighted by Gasteiger charge is -2.17. The minimum Gasteiger partial charge on any atom is -0.496 e. The Labute approximate surface area is 108 Å². The molecule has 0 amide bonds. The summed E-state index contributed by atoms with van der Waals surface area (Å²) in [6.07, 6.45) is 0. The number of nitrogens with zero attached hydrogens (tertiary/aromatic N) is 1. The standard InChI is InChI=1S/C13H21N3O2/c1-16(6-7-17-2)9-10-4-5-12(18-3)11(8-10)13(14)15/h4-5,8H,6-7,9H2,1-3H3,(H3,14,15). The second-order valence-corrected chi connectivity index (χ2v) is 4.18. The molecule has 0 fully saturated rings. The number of hydrogen-bond donors (Lipinski definition) is 2. The van der Waals surface area contributed by atoms with Gasteiger partial charge in [0.15, 0.2) is 0 Å². The number of likely N-dealkylation sites (N-methyl/N-ethyl adjacent to an activating group) is 1. The van der Waals surface area contributed by atoms with Crippen LogP contribution in [0, 0.1) is 5.41 Å². The van der Waals surface area contributed by atoms with Crippen molar-refractivity contribution in [1.29, 1.82) is 5.41 Å². The fraction of sp³-hybridized carbons (Fsp3) is 0.462. The van der Waals surface area contributed by atoms with Crippen LogP contribution in [-0.4, -0.2) is 45.2 Å². The third-order valence-corrected chi connectivity index (χ3v) is 2.68. The second kappa shape index (κ2) is 6.98. The van der Waals surface area contributed by atoms with Gasteiger partial charge in [0.2, 0.25) is 0 Å². The molecule has 0 radical (unpaired) electrons. The van der Waals surface area contributed by atoms with Crippen LogP contribution in [0.2, 0.25) is 0 Å². The highest BCUT2D eigenvalue weighted by Crippen LogP contribution is 2.19. The molecule has 0 atom stereocenters. The largest absolute Gasteiger partial charge is 0.496 e. The molecule has 0 aliphatic carbocycles. The van der Waals surface area contributed by atoms with E-state index in [4.69, 9.17) is 20.6 Å². The van der Waals surface area contributed by atoms with E-state index in [0.29, 0.717) is 17.9 Å². The van der Waals surface area contributed by atoms with Gasteiger partial charge in [0.25, 0.3) is 0 Å². The predicted molar refractivity (Wildman–Crippen MR) is 72.2 cm³/mol. The van der Waals surface area contributed by atoms with E-state index in [9.17, 15) is 0 Å². The van der Waals surface area contributed by atoms with Gasteiger partial charge in [0, 0.05) is 20.2 Å². The van der Waals surface area contributed by atoms with E-state index in [1.165, 1.54) is 0 Å². The van der Waals surface area contributed by atoms with Gasteiger partial charge >= 0.3 is 0 Å². The molecule has 1 aromatic rings. The summed E-state index contributed by atoms with van der Waals surface area (Å²) < 4.78 is 10.2. The molecule has 0 aliphatic rings. The lowest BCUT2D eigenvalue weighted by Crippen LogP contribution is -2.22. The summed E-state index contributed by atoms with van der Waals surface area (Å²) in [5.41, 5.74) is 7.27. The maximum atomic E-state index is 7.53. The molecule has 0 heterocycles. The quantitative estimate of drug-likeness (QED) is 0.561. The Morgan fingerprint density at radius 1 is 1.39 bits per heavy atom. The van der Waals surface area contributed by atoms with E-state index in [1.54, 1.807) is 14.2 Å². The minimum atomic E-state index is 0.0215. The Balaban J connectivity index is 2.78. The van der Waals surface area contributed by atoms with Gasteiger partial charge in [-0.05, 0) is 24.7 Å². The van der Waals surface area contributed by atoms with Crippen LogP contribution >= 0.6 is 0 Å². The summed E-state index contributed by atoms with van der Waals surface area (Å²) >= 11 is 0. The zero-order valence-corrected chi connectivity index (χ0v) is 11.2. The van der Waals surface area contributed by atoms with Crippen LogP contribution in [0.3, 0.4) is 0 Å². The lowest BCUT2D eigenvalue weighted by atomic mass is 10.1. The second-order valence-electron chi connectivity index (χ2n) is 4.18. The van der Waals surface area contributed by atoms with Crippen LogP contribution in [0.4, 0.5) is 0 Å². The first-order valence-electron chi connectivity index (χ1n) is 5.77. The van der Waals surface area contributed by atoms with Gasteiger partial charge in [-0.15, -0.1) is 0 Å². The number of nitrogens with two attached hydrogens (primary N) is 1. The van der Waals surface area contributed by atoms with Crippen molar-refractivity contribution in [3.8, 4) is 5.75 Å². The van der Waals surface area contributed by atoms with Crippen molar-refractivity contribution in [2.75, 3.05) is 34.4 Å². The van der Waals surface area contributed by atoms with Gasteiger partial charge in [-0.2, -0.15) is 0 Å². The molecule has 100 valence electrons. The molecule has 1 aromatic carbocycles. The van der Waals surface area contributed by atoms with Gasteiger partial charge in [-0.1, -0.05) is 6.07 Å². The smallest absolute Gasteiger partial charge is 0.129 e. The summed E-state index contributed by atoms with van der Waals surface area (Å²) in [4.78, 5) is 2.15. The van der Waals surface area contributed by atoms with E-state index in [0.717, 1.165) is 18.7 Å². The molecule has 0 saturated heterocycles. The Morgan fingerprint density at radius 3 is 2.67 bits per heavy atom. The molecule has 5 nitrogen and oxygen atoms in total. The SMILES string of the molecule is COCCN(C)Cc1ccc(OC)c(C(=N)N)c1. The van der Waals surface area contributed by atoms with Crippen molar-refractivity contribution in [1.82, 2.24) is 4.90 Å². The molecule has 0 spiro atoms. The first-order valence-corrected chi connectivity index (χ1v) is 5.77. The maximum absolute atomic E-state index is 7.53. The average molecular weight is 251 g/mol. The number of rotatable bonds is 7. The van der Waals surface area contributed by atoms with Gasteiger partial charge in [0.05, 0.1) is 19.3 Å². The van der Waals surface area contributed by atoms with Crippen LogP contribution in [0.25, 0.3) is 0 Å². The maximum Gasteiger partial charge on any atom is 0.129 e. The van der Waals surface area contributed by atoms with E-state index in [1.807, 2.05) is 25.2 Å². The minimum absolute atomic E-state index is 0.0215. The third-order valence-electron chi connectivity index (χ3n) is 2.68. The van der Waals surface area contributed by atoms with Crippen LogP contribution in [-0.2, 0) is 11.3 Å². The van der Waals surface area contributed by atoms with Crippen molar-refractivity contribution < 1.29 is 9.47 Å². The fourth-order valence-electron chi connectivity index (χ4n) is 1.70. The number of nitrogen functional groups attached to an aromatic ring is 1. The van der Waals surface area contributed by atoms with Gasteiger partial charge in [-0.3, -0.25) is 10.3 Å². The fourth-order valence-corrected chi connectivity index (χ4v) is 1.70. The van der Waals surface area contributed by atoms with Crippen LogP contribution < -0.4 is 10.5 Å². The predicted octanol–water partition coefficient (Wildman–Crippen LogP) is 1.06. The van der Waals surface area contributed by atoms with Gasteiger partial charge in [-0.25, -0.2) is 0 Å². The molecule has 1 rings (SSSR count). The van der Waals surface area contributed by atoms with Crippen molar-refractivity contribution in [2.24, 2.45) is 5.73 Å². The van der Waals surface area contributed by atoms with Crippen molar-refractivity contribution in [2.45, 2.75) is 6.54 Å².